The highest BCUT2D eigenvalue weighted by atomic mass is 79.9. The van der Waals surface area contributed by atoms with Crippen molar-refractivity contribution in [1.82, 2.24) is 4.98 Å². The third-order valence-electron chi connectivity index (χ3n) is 2.90. The number of hydrogen-bond donors (Lipinski definition) is 1. The van der Waals surface area contributed by atoms with E-state index in [1.54, 1.807) is 13.3 Å². The van der Waals surface area contributed by atoms with Crippen molar-refractivity contribution in [2.75, 3.05) is 26.1 Å². The lowest BCUT2D eigenvalue weighted by molar-refractivity contribution is -0.140. The molecule has 0 aliphatic heterocycles. The lowest BCUT2D eigenvalue weighted by Gasteiger charge is -2.12. The van der Waals surface area contributed by atoms with E-state index in [9.17, 15) is 4.79 Å². The normalized spacial score (nSPS) is 10.3. The topological polar surface area (TPSA) is 60.5 Å². The zero-order valence-electron chi connectivity index (χ0n) is 11.3. The summed E-state index contributed by atoms with van der Waals surface area (Å²) in [6.45, 7) is 0.453. The number of hydrogen-bond acceptors (Lipinski definition) is 5. The molecule has 0 unspecified atom stereocenters. The van der Waals surface area contributed by atoms with Crippen molar-refractivity contribution in [2.24, 2.45) is 0 Å². The van der Waals surface area contributed by atoms with E-state index in [4.69, 9.17) is 4.74 Å². The fourth-order valence-electron chi connectivity index (χ4n) is 1.92. The number of nitrogens with zero attached hydrogens (tertiary/aromatic N) is 1. The molecule has 20 heavy (non-hydrogen) atoms. The molecule has 6 heteroatoms. The van der Waals surface area contributed by atoms with Crippen LogP contribution in [0.15, 0.2) is 28.9 Å². The quantitative estimate of drug-likeness (QED) is 0.849. The van der Waals surface area contributed by atoms with Crippen molar-refractivity contribution in [1.29, 1.82) is 0 Å². The summed E-state index contributed by atoms with van der Waals surface area (Å²) in [5.41, 5.74) is 0. The Labute approximate surface area is 125 Å². The Kier molecular flexibility index (Phi) is 4.79. The lowest BCUT2D eigenvalue weighted by atomic mass is 10.1. The van der Waals surface area contributed by atoms with E-state index in [0.717, 1.165) is 21.0 Å². The Morgan fingerprint density at radius 1 is 1.40 bits per heavy atom. The maximum Gasteiger partial charge on any atom is 0.307 e. The van der Waals surface area contributed by atoms with Crippen molar-refractivity contribution in [3.8, 4) is 5.75 Å². The van der Waals surface area contributed by atoms with Gasteiger partial charge in [0, 0.05) is 22.6 Å². The number of pyridine rings is 1. The zero-order chi connectivity index (χ0) is 14.5. The third kappa shape index (κ3) is 3.01. The summed E-state index contributed by atoms with van der Waals surface area (Å²) < 4.78 is 10.9. The number of benzene rings is 1. The number of carbonyl (C=O) groups is 1. The second-order valence-electron chi connectivity index (χ2n) is 4.09. The fraction of sp³-hybridized carbons (Fsp3) is 0.286. The highest BCUT2D eigenvalue weighted by molar-refractivity contribution is 9.10. The van der Waals surface area contributed by atoms with Crippen molar-refractivity contribution < 1.29 is 14.3 Å². The molecule has 1 aromatic carbocycles. The van der Waals surface area contributed by atoms with Gasteiger partial charge in [-0.05, 0) is 22.0 Å². The monoisotopic (exact) mass is 338 g/mol. The molecule has 0 saturated carbocycles. The van der Waals surface area contributed by atoms with Gasteiger partial charge in [0.05, 0.1) is 26.0 Å². The maximum atomic E-state index is 11.1. The molecule has 0 aliphatic rings. The lowest BCUT2D eigenvalue weighted by Crippen LogP contribution is -2.11. The zero-order valence-corrected chi connectivity index (χ0v) is 12.9. The summed E-state index contributed by atoms with van der Waals surface area (Å²) in [4.78, 5) is 15.5. The first-order valence-electron chi connectivity index (χ1n) is 6.09. The molecule has 0 spiro atoms. The largest absolute Gasteiger partial charge is 0.496 e. The van der Waals surface area contributed by atoms with Crippen LogP contribution in [0.3, 0.4) is 0 Å². The van der Waals surface area contributed by atoms with Gasteiger partial charge in [-0.15, -0.1) is 0 Å². The van der Waals surface area contributed by atoms with Gasteiger partial charge < -0.3 is 14.8 Å². The van der Waals surface area contributed by atoms with Crippen LogP contribution in [-0.4, -0.2) is 31.7 Å². The van der Waals surface area contributed by atoms with Gasteiger partial charge in [0.1, 0.15) is 11.6 Å². The van der Waals surface area contributed by atoms with Crippen LogP contribution in [-0.2, 0) is 9.53 Å². The summed E-state index contributed by atoms with van der Waals surface area (Å²) in [5.74, 6) is 1.16. The van der Waals surface area contributed by atoms with Crippen LogP contribution in [0, 0.1) is 0 Å². The number of fused-ring (bicyclic) bond motifs is 1. The minimum atomic E-state index is -0.258. The first-order chi connectivity index (χ1) is 9.67. The van der Waals surface area contributed by atoms with E-state index < -0.39 is 0 Å². The SMILES string of the molecule is COC(=O)CCNc1ncc(Br)c2cccc(OC)c12. The average Bonchev–Trinajstić information content (AvgIpc) is 2.48. The summed E-state index contributed by atoms with van der Waals surface area (Å²) >= 11 is 3.48. The molecule has 0 amide bonds. The number of esters is 1. The van der Waals surface area contributed by atoms with Crippen LogP contribution in [0.4, 0.5) is 5.82 Å². The molecular weight excluding hydrogens is 324 g/mol. The minimum Gasteiger partial charge on any atom is -0.496 e. The smallest absolute Gasteiger partial charge is 0.307 e. The van der Waals surface area contributed by atoms with Gasteiger partial charge in [0.15, 0.2) is 0 Å². The molecule has 0 radical (unpaired) electrons. The van der Waals surface area contributed by atoms with Crippen molar-refractivity contribution in [3.05, 3.63) is 28.9 Å². The van der Waals surface area contributed by atoms with E-state index in [2.05, 4.69) is 31.0 Å². The predicted octanol–water partition coefficient (Wildman–Crippen LogP) is 2.98. The second-order valence-corrected chi connectivity index (χ2v) is 4.94. The van der Waals surface area contributed by atoms with Crippen LogP contribution in [0.2, 0.25) is 0 Å². The molecule has 2 rings (SSSR count). The van der Waals surface area contributed by atoms with Crippen LogP contribution in [0.1, 0.15) is 6.42 Å². The Morgan fingerprint density at radius 3 is 2.90 bits per heavy atom. The Morgan fingerprint density at radius 2 is 2.20 bits per heavy atom. The summed E-state index contributed by atoms with van der Waals surface area (Å²) in [7, 11) is 2.99. The summed E-state index contributed by atoms with van der Waals surface area (Å²) in [6.07, 6.45) is 2.01. The molecule has 0 bridgehead atoms. The van der Waals surface area contributed by atoms with E-state index in [1.807, 2.05) is 18.2 Å². The fourth-order valence-corrected chi connectivity index (χ4v) is 2.35. The van der Waals surface area contributed by atoms with Crippen LogP contribution in [0.25, 0.3) is 10.8 Å². The Bertz CT molecular complexity index is 631. The van der Waals surface area contributed by atoms with Gasteiger partial charge in [-0.25, -0.2) is 4.98 Å². The molecule has 1 aromatic heterocycles. The van der Waals surface area contributed by atoms with Gasteiger partial charge in [-0.3, -0.25) is 4.79 Å². The average molecular weight is 339 g/mol. The molecule has 2 aromatic rings. The molecule has 1 N–H and O–H groups in total. The van der Waals surface area contributed by atoms with Crippen molar-refractivity contribution in [2.45, 2.75) is 6.42 Å². The van der Waals surface area contributed by atoms with E-state index in [-0.39, 0.29) is 12.4 Å². The van der Waals surface area contributed by atoms with Gasteiger partial charge in [-0.2, -0.15) is 0 Å². The van der Waals surface area contributed by atoms with Gasteiger partial charge >= 0.3 is 5.97 Å². The number of rotatable bonds is 5. The highest BCUT2D eigenvalue weighted by Crippen LogP contribution is 2.34. The number of ether oxygens (including phenoxy) is 2. The molecule has 0 fully saturated rings. The number of halogens is 1. The van der Waals surface area contributed by atoms with Gasteiger partial charge in [-0.1, -0.05) is 12.1 Å². The first kappa shape index (κ1) is 14.6. The number of methoxy groups -OCH3 is 2. The molecule has 1 heterocycles. The summed E-state index contributed by atoms with van der Waals surface area (Å²) in [6, 6.07) is 5.78. The van der Waals surface area contributed by atoms with Crippen LogP contribution < -0.4 is 10.1 Å². The maximum absolute atomic E-state index is 11.1. The number of carbonyl (C=O) groups excluding carboxylic acids is 1. The first-order valence-corrected chi connectivity index (χ1v) is 6.88. The van der Waals surface area contributed by atoms with Crippen LogP contribution in [0.5, 0.6) is 5.75 Å². The number of aromatic nitrogens is 1. The van der Waals surface area contributed by atoms with Crippen LogP contribution >= 0.6 is 15.9 Å². The predicted molar refractivity (Wildman–Crippen MR) is 81.1 cm³/mol. The number of nitrogens with one attached hydrogen (secondary N) is 1. The molecule has 5 nitrogen and oxygen atoms in total. The summed E-state index contributed by atoms with van der Waals surface area (Å²) in [5, 5.41) is 5.03. The van der Waals surface area contributed by atoms with Gasteiger partial charge in [0.25, 0.3) is 0 Å². The molecule has 0 saturated heterocycles. The molecular formula is C14H15BrN2O3. The van der Waals surface area contributed by atoms with Crippen molar-refractivity contribution in [3.63, 3.8) is 0 Å². The van der Waals surface area contributed by atoms with E-state index >= 15 is 0 Å². The molecule has 106 valence electrons. The van der Waals surface area contributed by atoms with E-state index in [0.29, 0.717) is 12.4 Å². The minimum absolute atomic E-state index is 0.258. The van der Waals surface area contributed by atoms with Gasteiger partial charge in [0.2, 0.25) is 0 Å². The van der Waals surface area contributed by atoms with E-state index in [1.165, 1.54) is 7.11 Å². The van der Waals surface area contributed by atoms with Crippen molar-refractivity contribution >= 4 is 38.5 Å². The Balaban J connectivity index is 2.33. The Hall–Kier alpha value is -1.82. The molecule has 0 atom stereocenters. The third-order valence-corrected chi connectivity index (χ3v) is 3.53. The number of anilines is 1. The highest BCUT2D eigenvalue weighted by Gasteiger charge is 2.11. The standard InChI is InChI=1S/C14H15BrN2O3/c1-19-11-5-3-4-9-10(15)8-17-14(13(9)11)16-7-6-12(18)20-2/h3-5,8H,6-7H2,1-2H3,(H,16,17). The molecule has 0 aliphatic carbocycles. The second kappa shape index (κ2) is 6.56.